The number of aromatic nitrogens is 2. The summed E-state index contributed by atoms with van der Waals surface area (Å²) in [5, 5.41) is 1.39. The van der Waals surface area contributed by atoms with Gasteiger partial charge in [0.2, 0.25) is 0 Å². The molecule has 0 aliphatic rings. The first kappa shape index (κ1) is 12.3. The fourth-order valence-electron chi connectivity index (χ4n) is 1.79. The molecule has 2 heterocycles. The Bertz CT molecular complexity index is 737. The van der Waals surface area contributed by atoms with E-state index >= 15 is 0 Å². The van der Waals surface area contributed by atoms with Gasteiger partial charge in [-0.3, -0.25) is 9.20 Å². The van der Waals surface area contributed by atoms with Crippen LogP contribution in [0.2, 0.25) is 5.02 Å². The van der Waals surface area contributed by atoms with Gasteiger partial charge in [-0.05, 0) is 36.4 Å². The number of carbonyl (C=O) groups excluding carboxylic acids is 1. The van der Waals surface area contributed by atoms with Gasteiger partial charge >= 0.3 is 0 Å². The molecule has 1 aromatic carbocycles. The number of hydrogen-bond donors (Lipinski definition) is 0. The van der Waals surface area contributed by atoms with E-state index in [1.54, 1.807) is 4.40 Å². The molecule has 5 heteroatoms. The third-order valence-electron chi connectivity index (χ3n) is 2.67. The summed E-state index contributed by atoms with van der Waals surface area (Å²) < 4.78 is 1.78. The van der Waals surface area contributed by atoms with Gasteiger partial charge in [0, 0.05) is 16.1 Å². The number of rotatable bonds is 3. The maximum Gasteiger partial charge on any atom is 0.169 e. The zero-order valence-electron chi connectivity index (χ0n) is 9.79. The van der Waals surface area contributed by atoms with Crippen molar-refractivity contribution >= 4 is 35.3 Å². The fraction of sp³-hybridized carbons (Fsp3) is 0. The lowest BCUT2D eigenvalue weighted by Crippen LogP contribution is -1.90. The molecule has 0 fully saturated rings. The molecule has 0 saturated carbocycles. The van der Waals surface area contributed by atoms with Gasteiger partial charge < -0.3 is 0 Å². The summed E-state index contributed by atoms with van der Waals surface area (Å²) >= 11 is 7.30. The van der Waals surface area contributed by atoms with Gasteiger partial charge in [0.1, 0.15) is 16.4 Å². The van der Waals surface area contributed by atoms with E-state index in [0.29, 0.717) is 15.7 Å². The Kier molecular flexibility index (Phi) is 3.27. The number of halogens is 1. The summed E-state index contributed by atoms with van der Waals surface area (Å²) in [5.41, 5.74) is 1.33. The molecular formula is C14H9ClN2OS. The van der Waals surface area contributed by atoms with Crippen molar-refractivity contribution in [2.75, 3.05) is 0 Å². The van der Waals surface area contributed by atoms with E-state index in [9.17, 15) is 4.79 Å². The zero-order valence-corrected chi connectivity index (χ0v) is 11.4. The van der Waals surface area contributed by atoms with E-state index < -0.39 is 0 Å². The number of carbonyl (C=O) groups is 1. The highest BCUT2D eigenvalue weighted by Crippen LogP contribution is 2.30. The average Bonchev–Trinajstić information content (AvgIpc) is 2.78. The molecule has 0 N–H and O–H groups in total. The van der Waals surface area contributed by atoms with Crippen LogP contribution in [0.25, 0.3) is 5.65 Å². The summed E-state index contributed by atoms with van der Waals surface area (Å²) in [6.07, 6.45) is 2.66. The van der Waals surface area contributed by atoms with E-state index in [1.165, 1.54) is 11.8 Å². The third-order valence-corrected chi connectivity index (χ3v) is 3.93. The summed E-state index contributed by atoms with van der Waals surface area (Å²) in [6, 6.07) is 13.1. The van der Waals surface area contributed by atoms with Crippen LogP contribution in [-0.4, -0.2) is 15.7 Å². The van der Waals surface area contributed by atoms with Gasteiger partial charge in [0.15, 0.2) is 6.29 Å². The van der Waals surface area contributed by atoms with Crippen molar-refractivity contribution < 1.29 is 4.79 Å². The second kappa shape index (κ2) is 5.07. The molecule has 94 valence electrons. The maximum atomic E-state index is 11.3. The minimum absolute atomic E-state index is 0.565. The Hall–Kier alpha value is -1.78. The Labute approximate surface area is 119 Å². The van der Waals surface area contributed by atoms with Crippen LogP contribution in [0, 0.1) is 0 Å². The smallest absolute Gasteiger partial charge is 0.169 e. The van der Waals surface area contributed by atoms with Gasteiger partial charge in [-0.25, -0.2) is 4.98 Å². The van der Waals surface area contributed by atoms with Crippen molar-refractivity contribution in [2.24, 2.45) is 0 Å². The van der Waals surface area contributed by atoms with E-state index in [4.69, 9.17) is 11.6 Å². The lowest BCUT2D eigenvalue weighted by atomic mass is 10.4. The molecule has 0 amide bonds. The molecule has 19 heavy (non-hydrogen) atoms. The Morgan fingerprint density at radius 1 is 1.16 bits per heavy atom. The predicted molar refractivity (Wildman–Crippen MR) is 76.2 cm³/mol. The highest BCUT2D eigenvalue weighted by molar-refractivity contribution is 7.99. The molecule has 0 saturated heterocycles. The second-order valence-corrected chi connectivity index (χ2v) is 5.40. The molecule has 0 spiro atoms. The van der Waals surface area contributed by atoms with Gasteiger partial charge in [-0.2, -0.15) is 0 Å². The molecule has 0 atom stereocenters. The molecule has 0 aliphatic carbocycles. The quantitative estimate of drug-likeness (QED) is 0.684. The van der Waals surface area contributed by atoms with Crippen LogP contribution in [0.3, 0.4) is 0 Å². The Balaban J connectivity index is 2.05. The van der Waals surface area contributed by atoms with E-state index in [0.717, 1.165) is 16.8 Å². The summed E-state index contributed by atoms with van der Waals surface area (Å²) in [6.45, 7) is 0. The molecular weight excluding hydrogens is 280 g/mol. The van der Waals surface area contributed by atoms with Crippen molar-refractivity contribution in [2.45, 2.75) is 9.92 Å². The number of fused-ring (bicyclic) bond motifs is 1. The van der Waals surface area contributed by atoms with Crippen LogP contribution in [0.15, 0.2) is 58.6 Å². The fourth-order valence-corrected chi connectivity index (χ4v) is 2.80. The highest BCUT2D eigenvalue weighted by atomic mass is 35.5. The molecule has 0 unspecified atom stereocenters. The lowest BCUT2D eigenvalue weighted by molar-refractivity contribution is 0.111. The van der Waals surface area contributed by atoms with Gasteiger partial charge in [0.25, 0.3) is 0 Å². The number of nitrogens with zero attached hydrogens (tertiary/aromatic N) is 2. The highest BCUT2D eigenvalue weighted by Gasteiger charge is 2.12. The minimum Gasteiger partial charge on any atom is -0.296 e. The van der Waals surface area contributed by atoms with Crippen molar-refractivity contribution in [3.8, 4) is 0 Å². The van der Waals surface area contributed by atoms with Crippen LogP contribution in [0.5, 0.6) is 0 Å². The normalized spacial score (nSPS) is 10.8. The van der Waals surface area contributed by atoms with Gasteiger partial charge in [0.05, 0.1) is 0 Å². The first-order valence-corrected chi connectivity index (χ1v) is 6.83. The second-order valence-electron chi connectivity index (χ2n) is 3.90. The Morgan fingerprint density at radius 2 is 1.95 bits per heavy atom. The standard InChI is InChI=1S/C14H9ClN2OS/c15-10-4-6-11(7-5-10)19-14-12(9-18)17-8-2-1-3-13(17)16-14/h1-9H. The molecule has 0 radical (unpaired) electrons. The van der Waals surface area contributed by atoms with Crippen molar-refractivity contribution in [1.82, 2.24) is 9.38 Å². The zero-order chi connectivity index (χ0) is 13.2. The van der Waals surface area contributed by atoms with Crippen molar-refractivity contribution in [3.63, 3.8) is 0 Å². The largest absolute Gasteiger partial charge is 0.296 e. The molecule has 0 bridgehead atoms. The van der Waals surface area contributed by atoms with Gasteiger partial charge in [-0.15, -0.1) is 0 Å². The average molecular weight is 289 g/mol. The van der Waals surface area contributed by atoms with Crippen LogP contribution in [-0.2, 0) is 0 Å². The Morgan fingerprint density at radius 3 is 2.68 bits per heavy atom. The number of pyridine rings is 1. The van der Waals surface area contributed by atoms with Crippen LogP contribution < -0.4 is 0 Å². The minimum atomic E-state index is 0.565. The van der Waals surface area contributed by atoms with Crippen LogP contribution in [0.4, 0.5) is 0 Å². The molecule has 0 aliphatic heterocycles. The van der Waals surface area contributed by atoms with E-state index in [1.807, 2.05) is 48.7 Å². The first-order valence-electron chi connectivity index (χ1n) is 5.63. The van der Waals surface area contributed by atoms with E-state index in [2.05, 4.69) is 4.98 Å². The monoisotopic (exact) mass is 288 g/mol. The number of aldehydes is 1. The summed E-state index contributed by atoms with van der Waals surface area (Å²) in [5.74, 6) is 0. The van der Waals surface area contributed by atoms with Crippen LogP contribution in [0.1, 0.15) is 10.5 Å². The number of benzene rings is 1. The molecule has 2 aromatic heterocycles. The first-order chi connectivity index (χ1) is 9.28. The van der Waals surface area contributed by atoms with Crippen molar-refractivity contribution in [3.05, 3.63) is 59.4 Å². The summed E-state index contributed by atoms with van der Waals surface area (Å²) in [7, 11) is 0. The third kappa shape index (κ3) is 2.37. The lowest BCUT2D eigenvalue weighted by Gasteiger charge is -1.99. The number of imidazole rings is 1. The summed E-state index contributed by atoms with van der Waals surface area (Å²) in [4.78, 5) is 16.7. The topological polar surface area (TPSA) is 34.4 Å². The number of hydrogen-bond acceptors (Lipinski definition) is 3. The molecule has 3 aromatic rings. The predicted octanol–water partition coefficient (Wildman–Crippen LogP) is 3.95. The maximum absolute atomic E-state index is 11.3. The van der Waals surface area contributed by atoms with Crippen molar-refractivity contribution in [1.29, 1.82) is 0 Å². The van der Waals surface area contributed by atoms with Crippen LogP contribution >= 0.6 is 23.4 Å². The molecule has 3 nitrogen and oxygen atoms in total. The molecule has 3 rings (SSSR count). The SMILES string of the molecule is O=Cc1c(Sc2ccc(Cl)cc2)nc2ccccn12. The van der Waals surface area contributed by atoms with Gasteiger partial charge in [-0.1, -0.05) is 29.4 Å². The van der Waals surface area contributed by atoms with E-state index in [-0.39, 0.29) is 0 Å².